The molecule has 4 nitrogen and oxygen atoms in total. The molecule has 5 heteroatoms. The summed E-state index contributed by atoms with van der Waals surface area (Å²) < 4.78 is 12.8. The molecule has 0 radical (unpaired) electrons. The Kier molecular flexibility index (Phi) is 5.86. The molecule has 0 unspecified atom stereocenters. The number of halogens is 1. The minimum absolute atomic E-state index is 0.225. The quantitative estimate of drug-likeness (QED) is 0.806. The van der Waals surface area contributed by atoms with Crippen molar-refractivity contribution in [3.63, 3.8) is 0 Å². The predicted octanol–water partition coefficient (Wildman–Crippen LogP) is 2.82. The number of aryl methyl sites for hydroxylation is 1. The van der Waals surface area contributed by atoms with Crippen LogP contribution < -0.4 is 10.6 Å². The fraction of sp³-hybridized carbons (Fsp3) is 0.222. The summed E-state index contributed by atoms with van der Waals surface area (Å²) in [6.07, 6.45) is 0.364. The number of anilines is 1. The highest BCUT2D eigenvalue weighted by Gasteiger charge is 2.09. The van der Waals surface area contributed by atoms with Crippen LogP contribution in [0.2, 0.25) is 0 Å². The van der Waals surface area contributed by atoms with Crippen molar-refractivity contribution in [2.24, 2.45) is 0 Å². The fourth-order valence-electron chi connectivity index (χ4n) is 2.13. The normalized spacial score (nSPS) is 10.2. The molecular weight excluding hydrogens is 295 g/mol. The van der Waals surface area contributed by atoms with Gasteiger partial charge in [-0.15, -0.1) is 0 Å². The van der Waals surface area contributed by atoms with Gasteiger partial charge < -0.3 is 10.6 Å². The second kappa shape index (κ2) is 8.08. The van der Waals surface area contributed by atoms with E-state index < -0.39 is 0 Å². The number of carbonyl (C=O) groups excluding carboxylic acids is 2. The fourth-order valence-corrected chi connectivity index (χ4v) is 2.13. The third kappa shape index (κ3) is 5.90. The van der Waals surface area contributed by atoms with E-state index in [2.05, 4.69) is 10.6 Å². The molecule has 2 amide bonds. The first-order valence-corrected chi connectivity index (χ1v) is 7.40. The Balaban J connectivity index is 1.71. The van der Waals surface area contributed by atoms with Gasteiger partial charge in [0.15, 0.2) is 0 Å². The van der Waals surface area contributed by atoms with Crippen LogP contribution in [0.3, 0.4) is 0 Å². The van der Waals surface area contributed by atoms with Gasteiger partial charge in [-0.2, -0.15) is 0 Å². The summed E-state index contributed by atoms with van der Waals surface area (Å²) in [6, 6.07) is 13.5. The predicted molar refractivity (Wildman–Crippen MR) is 87.5 cm³/mol. The standard InChI is InChI=1S/C18H19FN2O2/c1-13-3-2-4-16(11-13)21-18(23)12-17(22)20-10-9-14-5-7-15(19)8-6-14/h2-8,11H,9-10,12H2,1H3,(H,20,22)(H,21,23). The van der Waals surface area contributed by atoms with Gasteiger partial charge in [0.25, 0.3) is 0 Å². The zero-order valence-corrected chi connectivity index (χ0v) is 12.9. The maximum atomic E-state index is 12.8. The summed E-state index contributed by atoms with van der Waals surface area (Å²) in [5, 5.41) is 5.37. The van der Waals surface area contributed by atoms with Gasteiger partial charge in [0.1, 0.15) is 12.2 Å². The minimum Gasteiger partial charge on any atom is -0.355 e. The van der Waals surface area contributed by atoms with Crippen LogP contribution in [-0.2, 0) is 16.0 Å². The van der Waals surface area contributed by atoms with Crippen molar-refractivity contribution in [2.45, 2.75) is 19.8 Å². The molecule has 0 aliphatic carbocycles. The number of benzene rings is 2. The van der Waals surface area contributed by atoms with E-state index in [1.54, 1.807) is 18.2 Å². The molecule has 0 fully saturated rings. The lowest BCUT2D eigenvalue weighted by atomic mass is 10.1. The highest BCUT2D eigenvalue weighted by molar-refractivity contribution is 6.03. The number of rotatable bonds is 6. The van der Waals surface area contributed by atoms with Gasteiger partial charge in [-0.1, -0.05) is 24.3 Å². The molecule has 2 N–H and O–H groups in total. The number of nitrogens with one attached hydrogen (secondary N) is 2. The molecule has 0 aromatic heterocycles. The summed E-state index contributed by atoms with van der Waals surface area (Å²) in [6.45, 7) is 2.33. The van der Waals surface area contributed by atoms with Crippen molar-refractivity contribution in [1.82, 2.24) is 5.32 Å². The second-order valence-corrected chi connectivity index (χ2v) is 5.32. The topological polar surface area (TPSA) is 58.2 Å². The van der Waals surface area contributed by atoms with Crippen LogP contribution in [0.15, 0.2) is 48.5 Å². The number of hydrogen-bond acceptors (Lipinski definition) is 2. The molecule has 0 bridgehead atoms. The van der Waals surface area contributed by atoms with E-state index in [0.717, 1.165) is 11.1 Å². The van der Waals surface area contributed by atoms with Crippen LogP contribution in [-0.4, -0.2) is 18.4 Å². The van der Waals surface area contributed by atoms with Crippen LogP contribution in [0.1, 0.15) is 17.5 Å². The van der Waals surface area contributed by atoms with E-state index in [-0.39, 0.29) is 24.1 Å². The number of amides is 2. The van der Waals surface area contributed by atoms with Crippen molar-refractivity contribution >= 4 is 17.5 Å². The maximum absolute atomic E-state index is 12.8. The second-order valence-electron chi connectivity index (χ2n) is 5.32. The molecule has 0 atom stereocenters. The van der Waals surface area contributed by atoms with Crippen LogP contribution in [0, 0.1) is 12.7 Å². The zero-order valence-electron chi connectivity index (χ0n) is 12.9. The first-order chi connectivity index (χ1) is 11.0. The monoisotopic (exact) mass is 314 g/mol. The summed E-state index contributed by atoms with van der Waals surface area (Å²) in [5.41, 5.74) is 2.64. The summed E-state index contributed by atoms with van der Waals surface area (Å²) in [5.74, 6) is -0.974. The van der Waals surface area contributed by atoms with E-state index in [0.29, 0.717) is 18.7 Å². The largest absolute Gasteiger partial charge is 0.355 e. The van der Waals surface area contributed by atoms with E-state index in [9.17, 15) is 14.0 Å². The molecule has 0 aliphatic rings. The Morgan fingerprint density at radius 3 is 2.48 bits per heavy atom. The van der Waals surface area contributed by atoms with Crippen molar-refractivity contribution in [1.29, 1.82) is 0 Å². The van der Waals surface area contributed by atoms with Gasteiger partial charge in [-0.3, -0.25) is 9.59 Å². The zero-order chi connectivity index (χ0) is 16.7. The van der Waals surface area contributed by atoms with Crippen molar-refractivity contribution in [3.05, 3.63) is 65.5 Å². The van der Waals surface area contributed by atoms with E-state index >= 15 is 0 Å². The first-order valence-electron chi connectivity index (χ1n) is 7.40. The maximum Gasteiger partial charge on any atom is 0.233 e. The third-order valence-corrected chi connectivity index (χ3v) is 3.27. The summed E-state index contributed by atoms with van der Waals surface area (Å²) in [4.78, 5) is 23.5. The molecule has 0 spiro atoms. The first kappa shape index (κ1) is 16.7. The summed E-state index contributed by atoms with van der Waals surface area (Å²) in [7, 11) is 0. The van der Waals surface area contributed by atoms with Crippen LogP contribution in [0.5, 0.6) is 0 Å². The molecule has 0 saturated carbocycles. The van der Waals surface area contributed by atoms with Crippen molar-refractivity contribution < 1.29 is 14.0 Å². The molecule has 120 valence electrons. The lowest BCUT2D eigenvalue weighted by Crippen LogP contribution is -2.29. The smallest absolute Gasteiger partial charge is 0.233 e. The molecule has 23 heavy (non-hydrogen) atoms. The molecule has 0 saturated heterocycles. The molecule has 2 aromatic rings. The minimum atomic E-state index is -0.352. The van der Waals surface area contributed by atoms with E-state index in [1.807, 2.05) is 25.1 Å². The van der Waals surface area contributed by atoms with Gasteiger partial charge in [-0.05, 0) is 48.7 Å². The molecule has 0 heterocycles. The molecule has 2 aromatic carbocycles. The van der Waals surface area contributed by atoms with Crippen LogP contribution >= 0.6 is 0 Å². The van der Waals surface area contributed by atoms with Gasteiger partial charge in [0, 0.05) is 12.2 Å². The Morgan fingerprint density at radius 2 is 1.78 bits per heavy atom. The highest BCUT2D eigenvalue weighted by Crippen LogP contribution is 2.09. The summed E-state index contributed by atoms with van der Waals surface area (Å²) >= 11 is 0. The Hall–Kier alpha value is -2.69. The van der Waals surface area contributed by atoms with Gasteiger partial charge in [0.05, 0.1) is 0 Å². The molecule has 2 rings (SSSR count). The van der Waals surface area contributed by atoms with Crippen LogP contribution in [0.4, 0.5) is 10.1 Å². The van der Waals surface area contributed by atoms with Crippen LogP contribution in [0.25, 0.3) is 0 Å². The lowest BCUT2D eigenvalue weighted by molar-refractivity contribution is -0.126. The van der Waals surface area contributed by atoms with Gasteiger partial charge in [0.2, 0.25) is 11.8 Å². The number of carbonyl (C=O) groups is 2. The Labute approximate surface area is 134 Å². The Morgan fingerprint density at radius 1 is 1.04 bits per heavy atom. The lowest BCUT2D eigenvalue weighted by Gasteiger charge is -2.07. The molecular formula is C18H19FN2O2. The van der Waals surface area contributed by atoms with E-state index in [4.69, 9.17) is 0 Å². The highest BCUT2D eigenvalue weighted by atomic mass is 19.1. The average Bonchev–Trinajstić information content (AvgIpc) is 2.49. The van der Waals surface area contributed by atoms with Crippen molar-refractivity contribution in [2.75, 3.05) is 11.9 Å². The van der Waals surface area contributed by atoms with Gasteiger partial charge >= 0.3 is 0 Å². The Bertz CT molecular complexity index is 684. The van der Waals surface area contributed by atoms with E-state index in [1.165, 1.54) is 12.1 Å². The average molecular weight is 314 g/mol. The molecule has 0 aliphatic heterocycles. The van der Waals surface area contributed by atoms with Crippen molar-refractivity contribution in [3.8, 4) is 0 Å². The van der Waals surface area contributed by atoms with Gasteiger partial charge in [-0.25, -0.2) is 4.39 Å². The number of hydrogen-bond donors (Lipinski definition) is 2. The SMILES string of the molecule is Cc1cccc(NC(=O)CC(=O)NCCc2ccc(F)cc2)c1. The third-order valence-electron chi connectivity index (χ3n) is 3.27.